The van der Waals surface area contributed by atoms with Gasteiger partial charge in [-0.25, -0.2) is 4.98 Å². The molecule has 0 bridgehead atoms. The zero-order valence-electron chi connectivity index (χ0n) is 20.8. The average molecular weight is 474 g/mol. The van der Waals surface area contributed by atoms with Crippen molar-refractivity contribution < 1.29 is 4.74 Å². The first-order valence-corrected chi connectivity index (χ1v) is 12.3. The van der Waals surface area contributed by atoms with Crippen molar-refractivity contribution in [1.82, 2.24) is 14.9 Å². The van der Waals surface area contributed by atoms with Crippen LogP contribution in [0.25, 0.3) is 33.9 Å². The topological polar surface area (TPSA) is 41.1 Å². The van der Waals surface area contributed by atoms with Gasteiger partial charge in [-0.1, -0.05) is 103 Å². The predicted molar refractivity (Wildman–Crippen MR) is 148 cm³/mol. The van der Waals surface area contributed by atoms with Gasteiger partial charge in [0.2, 0.25) is 0 Å². The number of hydrogen-bond donors (Lipinski definition) is 1. The molecule has 0 atom stereocenters. The number of para-hydroxylation sites is 1. The highest BCUT2D eigenvalue weighted by atomic mass is 16.5. The molecule has 180 valence electrons. The molecule has 4 heteroatoms. The molecule has 0 aliphatic rings. The van der Waals surface area contributed by atoms with Crippen LogP contribution < -0.4 is 4.74 Å². The van der Waals surface area contributed by atoms with E-state index in [2.05, 4.69) is 90.6 Å². The Balaban J connectivity index is 1.36. The van der Waals surface area contributed by atoms with E-state index in [1.54, 1.807) is 0 Å². The molecule has 1 N–H and O–H groups in total. The van der Waals surface area contributed by atoms with Crippen LogP contribution >= 0.6 is 0 Å². The van der Waals surface area contributed by atoms with E-state index < -0.39 is 0 Å². The maximum Gasteiger partial charge on any atom is 0.142 e. The summed E-state index contributed by atoms with van der Waals surface area (Å²) in [6, 6.07) is 37.5. The highest BCUT2D eigenvalue weighted by Gasteiger charge is 2.17. The van der Waals surface area contributed by atoms with Crippen LogP contribution in [0.1, 0.15) is 11.1 Å². The maximum atomic E-state index is 6.28. The number of aromatic nitrogens is 2. The predicted octanol–water partition coefficient (Wildman–Crippen LogP) is 7.23. The van der Waals surface area contributed by atoms with Gasteiger partial charge in [0.15, 0.2) is 0 Å². The van der Waals surface area contributed by atoms with Crippen molar-refractivity contribution in [2.24, 2.45) is 0 Å². The molecule has 36 heavy (non-hydrogen) atoms. The SMILES string of the molecule is Cc1ccc(CN(C)CCOc2ccccc2-c2nc(-c3ccccc3)c(-c3ccccc3)[nH]2)cc1. The monoisotopic (exact) mass is 473 g/mol. The number of aromatic amines is 1. The first-order chi connectivity index (χ1) is 17.7. The van der Waals surface area contributed by atoms with E-state index in [-0.39, 0.29) is 0 Å². The summed E-state index contributed by atoms with van der Waals surface area (Å²) in [7, 11) is 2.12. The minimum Gasteiger partial charge on any atom is -0.491 e. The molecular weight excluding hydrogens is 442 g/mol. The van der Waals surface area contributed by atoms with Gasteiger partial charge in [-0.05, 0) is 31.7 Å². The van der Waals surface area contributed by atoms with Crippen LogP contribution in [0.5, 0.6) is 5.75 Å². The Hall–Kier alpha value is -4.15. The molecule has 0 saturated heterocycles. The molecule has 0 aliphatic carbocycles. The van der Waals surface area contributed by atoms with E-state index in [1.165, 1.54) is 11.1 Å². The molecule has 5 aromatic rings. The van der Waals surface area contributed by atoms with E-state index in [0.717, 1.165) is 52.7 Å². The molecule has 0 amide bonds. The van der Waals surface area contributed by atoms with Crippen molar-refractivity contribution in [3.63, 3.8) is 0 Å². The second-order valence-electron chi connectivity index (χ2n) is 9.11. The highest BCUT2D eigenvalue weighted by molar-refractivity contribution is 5.82. The van der Waals surface area contributed by atoms with Crippen molar-refractivity contribution >= 4 is 0 Å². The van der Waals surface area contributed by atoms with Gasteiger partial charge in [0, 0.05) is 24.2 Å². The molecule has 0 unspecified atom stereocenters. The molecule has 0 saturated carbocycles. The third kappa shape index (κ3) is 5.56. The Bertz CT molecular complexity index is 1340. The second kappa shape index (κ2) is 11.1. The van der Waals surface area contributed by atoms with Crippen LogP contribution in [-0.2, 0) is 6.54 Å². The number of H-pyrrole nitrogens is 1. The van der Waals surface area contributed by atoms with Gasteiger partial charge in [-0.2, -0.15) is 0 Å². The standard InChI is InChI=1S/C32H31N3O/c1-24-17-19-25(20-18-24)23-35(2)21-22-36-29-16-10-9-15-28(29)32-33-30(26-11-5-3-6-12-26)31(34-32)27-13-7-4-8-14-27/h3-20H,21-23H2,1-2H3,(H,33,34). The van der Waals surface area contributed by atoms with Gasteiger partial charge in [-0.3, -0.25) is 4.90 Å². The first kappa shape index (κ1) is 23.6. The summed E-state index contributed by atoms with van der Waals surface area (Å²) < 4.78 is 6.28. The van der Waals surface area contributed by atoms with Gasteiger partial charge in [-0.15, -0.1) is 0 Å². The van der Waals surface area contributed by atoms with Crippen LogP contribution in [0.3, 0.4) is 0 Å². The zero-order chi connectivity index (χ0) is 24.7. The minimum absolute atomic E-state index is 0.594. The van der Waals surface area contributed by atoms with E-state index in [4.69, 9.17) is 9.72 Å². The molecule has 0 radical (unpaired) electrons. The number of nitrogens with zero attached hydrogens (tertiary/aromatic N) is 2. The van der Waals surface area contributed by atoms with Crippen LogP contribution in [0, 0.1) is 6.92 Å². The summed E-state index contributed by atoms with van der Waals surface area (Å²) in [4.78, 5) is 10.9. The van der Waals surface area contributed by atoms with Crippen LogP contribution in [-0.4, -0.2) is 35.1 Å². The number of imidazole rings is 1. The fourth-order valence-corrected chi connectivity index (χ4v) is 4.30. The Labute approximate surface area is 213 Å². The van der Waals surface area contributed by atoms with Gasteiger partial charge in [0.1, 0.15) is 18.2 Å². The summed E-state index contributed by atoms with van der Waals surface area (Å²) in [6.45, 7) is 4.43. The zero-order valence-corrected chi connectivity index (χ0v) is 20.8. The fraction of sp³-hybridized carbons (Fsp3) is 0.156. The smallest absolute Gasteiger partial charge is 0.142 e. The number of likely N-dealkylation sites (N-methyl/N-ethyl adjacent to an activating group) is 1. The molecule has 0 aliphatic heterocycles. The lowest BCUT2D eigenvalue weighted by molar-refractivity contribution is 0.233. The van der Waals surface area contributed by atoms with Gasteiger partial charge in [0.25, 0.3) is 0 Å². The normalized spacial score (nSPS) is 11.1. The van der Waals surface area contributed by atoms with E-state index in [0.29, 0.717) is 6.61 Å². The molecule has 4 nitrogen and oxygen atoms in total. The summed E-state index contributed by atoms with van der Waals surface area (Å²) in [5.74, 6) is 1.63. The molecular formula is C32H31N3O. The van der Waals surface area contributed by atoms with Gasteiger partial charge in [0.05, 0.1) is 17.0 Å². The van der Waals surface area contributed by atoms with E-state index in [9.17, 15) is 0 Å². The van der Waals surface area contributed by atoms with Crippen LogP contribution in [0.4, 0.5) is 0 Å². The second-order valence-corrected chi connectivity index (χ2v) is 9.11. The van der Waals surface area contributed by atoms with Crippen molar-refractivity contribution in [3.05, 3.63) is 120 Å². The summed E-state index contributed by atoms with van der Waals surface area (Å²) >= 11 is 0. The van der Waals surface area contributed by atoms with E-state index >= 15 is 0 Å². The molecule has 0 spiro atoms. The Morgan fingerprint density at radius 3 is 2.11 bits per heavy atom. The van der Waals surface area contributed by atoms with Crippen LogP contribution in [0.15, 0.2) is 109 Å². The Morgan fingerprint density at radius 1 is 0.750 bits per heavy atom. The number of hydrogen-bond acceptors (Lipinski definition) is 3. The largest absolute Gasteiger partial charge is 0.491 e. The van der Waals surface area contributed by atoms with Crippen molar-refractivity contribution in [2.45, 2.75) is 13.5 Å². The van der Waals surface area contributed by atoms with Crippen molar-refractivity contribution in [2.75, 3.05) is 20.2 Å². The third-order valence-corrected chi connectivity index (χ3v) is 6.26. The highest BCUT2D eigenvalue weighted by Crippen LogP contribution is 2.35. The van der Waals surface area contributed by atoms with E-state index in [1.807, 2.05) is 42.5 Å². The number of rotatable bonds is 9. The third-order valence-electron chi connectivity index (χ3n) is 6.26. The van der Waals surface area contributed by atoms with Crippen molar-refractivity contribution in [1.29, 1.82) is 0 Å². The summed E-state index contributed by atoms with van der Waals surface area (Å²) in [5.41, 5.74) is 7.67. The number of benzene rings is 4. The quantitative estimate of drug-likeness (QED) is 0.245. The maximum absolute atomic E-state index is 6.28. The lowest BCUT2D eigenvalue weighted by Gasteiger charge is -2.18. The number of aryl methyl sites for hydroxylation is 1. The first-order valence-electron chi connectivity index (χ1n) is 12.3. The summed E-state index contributed by atoms with van der Waals surface area (Å²) in [6.07, 6.45) is 0. The van der Waals surface area contributed by atoms with Crippen LogP contribution in [0.2, 0.25) is 0 Å². The van der Waals surface area contributed by atoms with Gasteiger partial charge < -0.3 is 9.72 Å². The molecule has 1 aromatic heterocycles. The Kier molecular flexibility index (Phi) is 7.25. The summed E-state index contributed by atoms with van der Waals surface area (Å²) in [5, 5.41) is 0. The minimum atomic E-state index is 0.594. The molecule has 4 aromatic carbocycles. The van der Waals surface area contributed by atoms with Gasteiger partial charge >= 0.3 is 0 Å². The lowest BCUT2D eigenvalue weighted by Crippen LogP contribution is -2.24. The number of ether oxygens (including phenoxy) is 1. The lowest BCUT2D eigenvalue weighted by atomic mass is 10.1. The average Bonchev–Trinajstić information content (AvgIpc) is 3.37. The molecule has 0 fully saturated rings. The number of nitrogens with one attached hydrogen (secondary N) is 1. The fourth-order valence-electron chi connectivity index (χ4n) is 4.30. The molecule has 1 heterocycles. The Morgan fingerprint density at radius 2 is 1.39 bits per heavy atom. The van der Waals surface area contributed by atoms with Crippen molar-refractivity contribution in [3.8, 4) is 39.7 Å². The molecule has 5 rings (SSSR count).